The third-order valence-corrected chi connectivity index (χ3v) is 4.05. The van der Waals surface area contributed by atoms with E-state index in [1.54, 1.807) is 0 Å². The number of rotatable bonds is 3. The fourth-order valence-electron chi connectivity index (χ4n) is 2.84. The Morgan fingerprint density at radius 1 is 1.05 bits per heavy atom. The molecule has 4 rings (SSSR count). The zero-order chi connectivity index (χ0) is 14.9. The minimum absolute atomic E-state index is 0.828. The Balaban J connectivity index is 1.75. The van der Waals surface area contributed by atoms with E-state index in [1.165, 1.54) is 22.1 Å². The van der Waals surface area contributed by atoms with Crippen LogP contribution in [0.3, 0.4) is 0 Å². The number of aryl methyl sites for hydroxylation is 1. The van der Waals surface area contributed by atoms with Crippen LogP contribution in [-0.4, -0.2) is 14.5 Å². The van der Waals surface area contributed by atoms with E-state index in [4.69, 9.17) is 0 Å². The van der Waals surface area contributed by atoms with E-state index in [9.17, 15) is 0 Å². The first kappa shape index (κ1) is 12.9. The number of imidazole rings is 1. The van der Waals surface area contributed by atoms with E-state index in [2.05, 4.69) is 70.1 Å². The van der Waals surface area contributed by atoms with E-state index in [0.717, 1.165) is 17.8 Å². The quantitative estimate of drug-likeness (QED) is 0.595. The SMILES string of the molecule is Cc1ccc(Cn2cncc2-c2c[nH]c3ccccc23)cc1. The Labute approximate surface area is 129 Å². The second kappa shape index (κ2) is 5.19. The predicted octanol–water partition coefficient (Wildman–Crippen LogP) is 4.39. The number of hydrogen-bond donors (Lipinski definition) is 1. The van der Waals surface area contributed by atoms with Crippen molar-refractivity contribution in [2.75, 3.05) is 0 Å². The topological polar surface area (TPSA) is 33.6 Å². The highest BCUT2D eigenvalue weighted by atomic mass is 15.0. The van der Waals surface area contributed by atoms with Crippen LogP contribution in [0.25, 0.3) is 22.2 Å². The summed E-state index contributed by atoms with van der Waals surface area (Å²) in [5, 5.41) is 1.23. The lowest BCUT2D eigenvalue weighted by Crippen LogP contribution is -2.00. The van der Waals surface area contributed by atoms with E-state index in [-0.39, 0.29) is 0 Å². The van der Waals surface area contributed by atoms with Crippen LogP contribution >= 0.6 is 0 Å². The molecule has 0 spiro atoms. The minimum Gasteiger partial charge on any atom is -0.360 e. The van der Waals surface area contributed by atoms with Crippen LogP contribution in [0.15, 0.2) is 67.3 Å². The number of nitrogens with zero attached hydrogens (tertiary/aromatic N) is 2. The molecule has 0 amide bonds. The Hall–Kier alpha value is -2.81. The van der Waals surface area contributed by atoms with Gasteiger partial charge in [-0.25, -0.2) is 4.98 Å². The summed E-state index contributed by atoms with van der Waals surface area (Å²) >= 11 is 0. The van der Waals surface area contributed by atoms with Gasteiger partial charge in [-0.15, -0.1) is 0 Å². The molecule has 0 aliphatic rings. The zero-order valence-electron chi connectivity index (χ0n) is 12.5. The van der Waals surface area contributed by atoms with Gasteiger partial charge in [-0.2, -0.15) is 0 Å². The smallest absolute Gasteiger partial charge is 0.0954 e. The van der Waals surface area contributed by atoms with Gasteiger partial charge in [0.2, 0.25) is 0 Å². The lowest BCUT2D eigenvalue weighted by molar-refractivity contribution is 0.805. The molecule has 0 radical (unpaired) electrons. The number of nitrogens with one attached hydrogen (secondary N) is 1. The standard InChI is InChI=1S/C19H17N3/c1-14-6-8-15(9-7-14)12-22-13-20-11-19(22)17-10-21-18-5-3-2-4-16(17)18/h2-11,13,21H,12H2,1H3. The van der Waals surface area contributed by atoms with Gasteiger partial charge in [0, 0.05) is 29.2 Å². The van der Waals surface area contributed by atoms with Crippen molar-refractivity contribution in [1.82, 2.24) is 14.5 Å². The Morgan fingerprint density at radius 3 is 2.73 bits per heavy atom. The molecular weight excluding hydrogens is 270 g/mol. The van der Waals surface area contributed by atoms with Crippen LogP contribution in [0.4, 0.5) is 0 Å². The first-order valence-corrected chi connectivity index (χ1v) is 7.43. The van der Waals surface area contributed by atoms with Crippen molar-refractivity contribution < 1.29 is 0 Å². The van der Waals surface area contributed by atoms with Gasteiger partial charge in [-0.3, -0.25) is 0 Å². The lowest BCUT2D eigenvalue weighted by atomic mass is 10.1. The molecule has 0 aliphatic heterocycles. The van der Waals surface area contributed by atoms with Crippen molar-refractivity contribution in [3.8, 4) is 11.3 Å². The summed E-state index contributed by atoms with van der Waals surface area (Å²) in [6, 6.07) is 17.0. The Kier molecular flexibility index (Phi) is 3.04. The summed E-state index contributed by atoms with van der Waals surface area (Å²) < 4.78 is 2.19. The summed E-state index contributed by atoms with van der Waals surface area (Å²) in [6.45, 7) is 2.94. The largest absolute Gasteiger partial charge is 0.360 e. The molecule has 0 fully saturated rings. The van der Waals surface area contributed by atoms with Crippen LogP contribution in [0.1, 0.15) is 11.1 Å². The van der Waals surface area contributed by atoms with Gasteiger partial charge < -0.3 is 9.55 Å². The maximum Gasteiger partial charge on any atom is 0.0954 e. The number of para-hydroxylation sites is 1. The van der Waals surface area contributed by atoms with Crippen molar-refractivity contribution in [2.45, 2.75) is 13.5 Å². The Bertz CT molecular complexity index is 913. The number of aromatic amines is 1. The fourth-order valence-corrected chi connectivity index (χ4v) is 2.84. The van der Waals surface area contributed by atoms with E-state index < -0.39 is 0 Å². The highest BCUT2D eigenvalue weighted by Crippen LogP contribution is 2.28. The van der Waals surface area contributed by atoms with E-state index >= 15 is 0 Å². The van der Waals surface area contributed by atoms with Crippen molar-refractivity contribution >= 4 is 10.9 Å². The van der Waals surface area contributed by atoms with E-state index in [0.29, 0.717) is 0 Å². The van der Waals surface area contributed by atoms with Crippen LogP contribution in [0.5, 0.6) is 0 Å². The van der Waals surface area contributed by atoms with Crippen LogP contribution in [-0.2, 0) is 6.54 Å². The molecule has 108 valence electrons. The molecule has 3 heteroatoms. The molecule has 0 atom stereocenters. The second-order valence-electron chi connectivity index (χ2n) is 5.64. The molecule has 2 aromatic carbocycles. The summed E-state index contributed by atoms with van der Waals surface area (Å²) in [7, 11) is 0. The molecule has 0 bridgehead atoms. The molecule has 2 heterocycles. The maximum absolute atomic E-state index is 4.35. The van der Waals surface area contributed by atoms with Crippen molar-refractivity contribution in [2.24, 2.45) is 0 Å². The minimum atomic E-state index is 0.828. The maximum atomic E-state index is 4.35. The molecule has 4 aromatic rings. The number of H-pyrrole nitrogens is 1. The molecular formula is C19H17N3. The number of benzene rings is 2. The van der Waals surface area contributed by atoms with E-state index in [1.807, 2.05) is 18.6 Å². The summed E-state index contributed by atoms with van der Waals surface area (Å²) in [5.74, 6) is 0. The van der Waals surface area contributed by atoms with Gasteiger partial charge in [-0.1, -0.05) is 48.0 Å². The van der Waals surface area contributed by atoms with Gasteiger partial charge in [0.15, 0.2) is 0 Å². The highest BCUT2D eigenvalue weighted by molar-refractivity contribution is 5.94. The molecule has 0 saturated heterocycles. The van der Waals surface area contributed by atoms with Gasteiger partial charge >= 0.3 is 0 Å². The van der Waals surface area contributed by atoms with Gasteiger partial charge in [0.05, 0.1) is 18.2 Å². The second-order valence-corrected chi connectivity index (χ2v) is 5.64. The fraction of sp³-hybridized carbons (Fsp3) is 0.105. The summed E-state index contributed by atoms with van der Waals surface area (Å²) in [4.78, 5) is 7.68. The first-order chi connectivity index (χ1) is 10.8. The van der Waals surface area contributed by atoms with Crippen molar-refractivity contribution in [3.05, 3.63) is 78.4 Å². The number of fused-ring (bicyclic) bond motifs is 1. The van der Waals surface area contributed by atoms with Crippen LogP contribution in [0.2, 0.25) is 0 Å². The molecule has 0 unspecified atom stereocenters. The number of hydrogen-bond acceptors (Lipinski definition) is 1. The van der Waals surface area contributed by atoms with Crippen molar-refractivity contribution in [3.63, 3.8) is 0 Å². The highest BCUT2D eigenvalue weighted by Gasteiger charge is 2.10. The van der Waals surface area contributed by atoms with Crippen molar-refractivity contribution in [1.29, 1.82) is 0 Å². The van der Waals surface area contributed by atoms with Gasteiger partial charge in [0.25, 0.3) is 0 Å². The first-order valence-electron chi connectivity index (χ1n) is 7.43. The summed E-state index contributed by atoms with van der Waals surface area (Å²) in [6.07, 6.45) is 5.90. The molecule has 0 saturated carbocycles. The van der Waals surface area contributed by atoms with Gasteiger partial charge in [0.1, 0.15) is 0 Å². The van der Waals surface area contributed by atoms with Crippen LogP contribution < -0.4 is 0 Å². The number of aromatic nitrogens is 3. The Morgan fingerprint density at radius 2 is 1.86 bits per heavy atom. The normalized spacial score (nSPS) is 11.1. The zero-order valence-corrected chi connectivity index (χ0v) is 12.5. The third-order valence-electron chi connectivity index (χ3n) is 4.05. The molecule has 2 aromatic heterocycles. The average Bonchev–Trinajstić information content (AvgIpc) is 3.16. The average molecular weight is 287 g/mol. The lowest BCUT2D eigenvalue weighted by Gasteiger charge is -2.08. The molecule has 1 N–H and O–H groups in total. The monoisotopic (exact) mass is 287 g/mol. The summed E-state index contributed by atoms with van der Waals surface area (Å²) in [5.41, 5.74) is 6.05. The molecule has 22 heavy (non-hydrogen) atoms. The third kappa shape index (κ3) is 2.21. The molecule has 0 aliphatic carbocycles. The predicted molar refractivity (Wildman–Crippen MR) is 89.8 cm³/mol. The van der Waals surface area contributed by atoms with Gasteiger partial charge in [-0.05, 0) is 18.6 Å². The van der Waals surface area contributed by atoms with Crippen LogP contribution in [0, 0.1) is 6.92 Å². The molecule has 3 nitrogen and oxygen atoms in total.